The molecule has 0 saturated carbocycles. The number of likely N-dealkylation sites (tertiary alicyclic amines) is 1. The number of hydrogen-bond acceptors (Lipinski definition) is 8. The van der Waals surface area contributed by atoms with Gasteiger partial charge in [-0.05, 0) is 55.3 Å². The second kappa shape index (κ2) is 11.7. The van der Waals surface area contributed by atoms with E-state index in [1.807, 2.05) is 6.92 Å². The van der Waals surface area contributed by atoms with Crippen LogP contribution in [-0.2, 0) is 14.3 Å². The topological polar surface area (TPSA) is 97.8 Å². The number of amides is 1. The second-order valence-corrected chi connectivity index (χ2v) is 9.09. The Morgan fingerprint density at radius 3 is 2.30 bits per heavy atom. The van der Waals surface area contributed by atoms with E-state index in [0.29, 0.717) is 60.1 Å². The van der Waals surface area contributed by atoms with E-state index in [2.05, 4.69) is 4.90 Å². The van der Waals surface area contributed by atoms with Gasteiger partial charge < -0.3 is 29.0 Å². The Kier molecular flexibility index (Phi) is 8.35. The molecule has 2 aliphatic rings. The highest BCUT2D eigenvalue weighted by Gasteiger charge is 2.47. The van der Waals surface area contributed by atoms with Gasteiger partial charge in [-0.3, -0.25) is 14.5 Å². The predicted octanol–water partition coefficient (Wildman–Crippen LogP) is 3.16. The molecule has 2 aliphatic heterocycles. The van der Waals surface area contributed by atoms with Gasteiger partial charge in [0.05, 0.1) is 46.2 Å². The molecule has 2 saturated heterocycles. The van der Waals surface area contributed by atoms with Gasteiger partial charge in [0.25, 0.3) is 11.7 Å². The zero-order valence-electron chi connectivity index (χ0n) is 21.8. The van der Waals surface area contributed by atoms with Crippen LogP contribution in [0.1, 0.15) is 29.2 Å². The summed E-state index contributed by atoms with van der Waals surface area (Å²) in [5.41, 5.74) is 1.77. The molecule has 1 unspecified atom stereocenters. The molecule has 2 aromatic rings. The zero-order valence-corrected chi connectivity index (χ0v) is 21.8. The van der Waals surface area contributed by atoms with Crippen molar-refractivity contribution in [1.82, 2.24) is 9.80 Å². The van der Waals surface area contributed by atoms with Crippen molar-refractivity contribution in [3.63, 3.8) is 0 Å². The molecule has 0 bridgehead atoms. The van der Waals surface area contributed by atoms with Crippen molar-refractivity contribution >= 4 is 17.4 Å². The SMILES string of the molecule is COc1ccc(/C(O)=C2\C(=O)C(=O)N(CCCN3CCOCC3)C2c2cc(OC)ccc2OC)c(C)c1. The highest BCUT2D eigenvalue weighted by molar-refractivity contribution is 6.46. The van der Waals surface area contributed by atoms with Crippen molar-refractivity contribution in [2.45, 2.75) is 19.4 Å². The maximum absolute atomic E-state index is 13.4. The lowest BCUT2D eigenvalue weighted by Crippen LogP contribution is -2.39. The highest BCUT2D eigenvalue weighted by Crippen LogP contribution is 2.44. The first-order valence-electron chi connectivity index (χ1n) is 12.3. The average molecular weight is 511 g/mol. The Morgan fingerprint density at radius 2 is 1.65 bits per heavy atom. The van der Waals surface area contributed by atoms with Gasteiger partial charge in [0.15, 0.2) is 0 Å². The van der Waals surface area contributed by atoms with E-state index in [9.17, 15) is 14.7 Å². The van der Waals surface area contributed by atoms with E-state index < -0.39 is 17.7 Å². The summed E-state index contributed by atoms with van der Waals surface area (Å²) in [6, 6.07) is 9.57. The number of carbonyl (C=O) groups is 2. The molecule has 9 nitrogen and oxygen atoms in total. The molecule has 1 N–H and O–H groups in total. The number of methoxy groups -OCH3 is 3. The molecule has 0 radical (unpaired) electrons. The minimum atomic E-state index is -0.837. The Labute approximate surface area is 217 Å². The molecule has 1 amide bonds. The first kappa shape index (κ1) is 26.5. The summed E-state index contributed by atoms with van der Waals surface area (Å²) >= 11 is 0. The van der Waals surface area contributed by atoms with Crippen LogP contribution in [0.4, 0.5) is 0 Å². The van der Waals surface area contributed by atoms with Crippen molar-refractivity contribution in [2.24, 2.45) is 0 Å². The second-order valence-electron chi connectivity index (χ2n) is 9.09. The molecule has 9 heteroatoms. The molecule has 2 aromatic carbocycles. The Hall–Kier alpha value is -3.56. The largest absolute Gasteiger partial charge is 0.507 e. The third-order valence-electron chi connectivity index (χ3n) is 6.94. The Balaban J connectivity index is 1.78. The zero-order chi connectivity index (χ0) is 26.5. The number of aliphatic hydroxyl groups excluding tert-OH is 1. The number of morpholine rings is 1. The molecule has 2 heterocycles. The van der Waals surface area contributed by atoms with Gasteiger partial charge in [-0.1, -0.05) is 0 Å². The number of ketones is 1. The minimum Gasteiger partial charge on any atom is -0.507 e. The fraction of sp³-hybridized carbons (Fsp3) is 0.429. The van der Waals surface area contributed by atoms with Crippen LogP contribution >= 0.6 is 0 Å². The van der Waals surface area contributed by atoms with Crippen molar-refractivity contribution in [2.75, 3.05) is 60.7 Å². The van der Waals surface area contributed by atoms with Gasteiger partial charge in [-0.2, -0.15) is 0 Å². The van der Waals surface area contributed by atoms with E-state index in [0.717, 1.165) is 19.6 Å². The molecule has 0 aliphatic carbocycles. The summed E-state index contributed by atoms with van der Waals surface area (Å²) < 4.78 is 21.8. The minimum absolute atomic E-state index is 0.0243. The van der Waals surface area contributed by atoms with Crippen molar-refractivity contribution < 1.29 is 33.6 Å². The van der Waals surface area contributed by atoms with Crippen LogP contribution in [0, 0.1) is 6.92 Å². The van der Waals surface area contributed by atoms with Crippen LogP contribution in [-0.4, -0.2) is 87.3 Å². The number of aryl methyl sites for hydroxylation is 1. The number of ether oxygens (including phenoxy) is 4. The molecule has 4 rings (SSSR count). The number of aliphatic hydroxyl groups is 1. The third-order valence-corrected chi connectivity index (χ3v) is 6.94. The van der Waals surface area contributed by atoms with Crippen molar-refractivity contribution in [3.8, 4) is 17.2 Å². The van der Waals surface area contributed by atoms with Gasteiger partial charge in [0, 0.05) is 37.3 Å². The van der Waals surface area contributed by atoms with Gasteiger partial charge in [0.2, 0.25) is 0 Å². The summed E-state index contributed by atoms with van der Waals surface area (Å²) in [5.74, 6) is 0.0600. The van der Waals surface area contributed by atoms with Crippen LogP contribution in [0.25, 0.3) is 5.76 Å². The lowest BCUT2D eigenvalue weighted by atomic mass is 9.93. The maximum Gasteiger partial charge on any atom is 0.295 e. The monoisotopic (exact) mass is 510 g/mol. The summed E-state index contributed by atoms with van der Waals surface area (Å²) in [4.78, 5) is 30.6. The van der Waals surface area contributed by atoms with Gasteiger partial charge >= 0.3 is 0 Å². The Morgan fingerprint density at radius 1 is 0.973 bits per heavy atom. The fourth-order valence-corrected chi connectivity index (χ4v) is 4.95. The average Bonchev–Trinajstić information content (AvgIpc) is 3.17. The molecule has 37 heavy (non-hydrogen) atoms. The van der Waals surface area contributed by atoms with E-state index >= 15 is 0 Å². The van der Waals surface area contributed by atoms with E-state index in [1.54, 1.807) is 50.6 Å². The summed E-state index contributed by atoms with van der Waals surface area (Å²) in [6.45, 7) is 5.97. The van der Waals surface area contributed by atoms with E-state index in [4.69, 9.17) is 18.9 Å². The number of benzene rings is 2. The van der Waals surface area contributed by atoms with E-state index in [-0.39, 0.29) is 11.3 Å². The molecule has 2 fully saturated rings. The Bertz CT molecular complexity index is 1190. The highest BCUT2D eigenvalue weighted by atomic mass is 16.5. The van der Waals surface area contributed by atoms with Crippen LogP contribution in [0.3, 0.4) is 0 Å². The fourth-order valence-electron chi connectivity index (χ4n) is 4.95. The maximum atomic E-state index is 13.4. The molecule has 0 spiro atoms. The molecule has 0 aromatic heterocycles. The number of rotatable bonds is 9. The van der Waals surface area contributed by atoms with Crippen LogP contribution < -0.4 is 14.2 Å². The first-order chi connectivity index (χ1) is 17.9. The van der Waals surface area contributed by atoms with E-state index in [1.165, 1.54) is 12.0 Å². The molecular formula is C28H34N2O7. The quantitative estimate of drug-likeness (QED) is 0.312. The lowest BCUT2D eigenvalue weighted by molar-refractivity contribution is -0.140. The number of hydrogen-bond donors (Lipinski definition) is 1. The predicted molar refractivity (Wildman–Crippen MR) is 138 cm³/mol. The number of nitrogens with zero attached hydrogens (tertiary/aromatic N) is 2. The summed E-state index contributed by atoms with van der Waals surface area (Å²) in [7, 11) is 4.64. The number of Topliss-reactive ketones (excluding diaryl/α,β-unsaturated/α-hetero) is 1. The summed E-state index contributed by atoms with van der Waals surface area (Å²) in [6.07, 6.45) is 0.664. The standard InChI is InChI=1S/C28H34N2O7/c1-18-16-19(34-2)6-8-21(18)26(31)24-25(22-17-20(35-3)7-9-23(22)36-4)30(28(33)27(24)32)11-5-10-29-12-14-37-15-13-29/h6-9,16-17,25,31H,5,10-15H2,1-4H3/b26-24+. The normalized spacial score (nSPS) is 19.8. The smallest absolute Gasteiger partial charge is 0.295 e. The first-order valence-corrected chi connectivity index (χ1v) is 12.3. The molecule has 198 valence electrons. The van der Waals surface area contributed by atoms with Crippen LogP contribution in [0.15, 0.2) is 42.0 Å². The van der Waals surface area contributed by atoms with Crippen LogP contribution in [0.2, 0.25) is 0 Å². The van der Waals surface area contributed by atoms with Crippen molar-refractivity contribution in [3.05, 3.63) is 58.7 Å². The molecular weight excluding hydrogens is 476 g/mol. The summed E-state index contributed by atoms with van der Waals surface area (Å²) in [5, 5.41) is 11.5. The lowest BCUT2D eigenvalue weighted by Gasteiger charge is -2.29. The third kappa shape index (κ3) is 5.42. The van der Waals surface area contributed by atoms with Gasteiger partial charge in [-0.15, -0.1) is 0 Å². The number of carbonyl (C=O) groups excluding carboxylic acids is 2. The van der Waals surface area contributed by atoms with Crippen molar-refractivity contribution in [1.29, 1.82) is 0 Å². The van der Waals surface area contributed by atoms with Crippen LogP contribution in [0.5, 0.6) is 17.2 Å². The van der Waals surface area contributed by atoms with Gasteiger partial charge in [0.1, 0.15) is 23.0 Å². The van der Waals surface area contributed by atoms with Gasteiger partial charge in [-0.25, -0.2) is 0 Å². The molecule has 1 atom stereocenters.